The fraction of sp³-hybridized carbons (Fsp3) is 0.308. The quantitative estimate of drug-likeness (QED) is 0.646. The van der Waals surface area contributed by atoms with Gasteiger partial charge in [0.15, 0.2) is 0 Å². The van der Waals surface area contributed by atoms with E-state index in [0.29, 0.717) is 13.0 Å². The number of nitrogens with one attached hydrogen (secondary N) is 1. The Labute approximate surface area is 110 Å². The zero-order chi connectivity index (χ0) is 12.7. The van der Waals surface area contributed by atoms with Crippen molar-refractivity contribution in [1.29, 1.82) is 0 Å². The van der Waals surface area contributed by atoms with Crippen molar-refractivity contribution in [3.63, 3.8) is 0 Å². The maximum atomic E-state index is 11.7. The highest BCUT2D eigenvalue weighted by molar-refractivity contribution is 9.10. The van der Waals surface area contributed by atoms with Gasteiger partial charge in [-0.15, -0.1) is 6.58 Å². The third-order valence-electron chi connectivity index (χ3n) is 2.16. The average molecular weight is 298 g/mol. The lowest BCUT2D eigenvalue weighted by Crippen LogP contribution is -2.30. The van der Waals surface area contributed by atoms with Crippen molar-refractivity contribution in [2.45, 2.75) is 19.4 Å². The van der Waals surface area contributed by atoms with Gasteiger partial charge in [0.2, 0.25) is 0 Å². The van der Waals surface area contributed by atoms with Crippen LogP contribution in [0.3, 0.4) is 0 Å². The first-order valence-electron chi connectivity index (χ1n) is 5.47. The highest BCUT2D eigenvalue weighted by Crippen LogP contribution is 2.16. The van der Waals surface area contributed by atoms with E-state index in [1.54, 1.807) is 13.0 Å². The Morgan fingerprint density at radius 2 is 2.18 bits per heavy atom. The Bertz CT molecular complexity index is 376. The largest absolute Gasteiger partial charge is 0.464 e. The van der Waals surface area contributed by atoms with Crippen molar-refractivity contribution in [2.75, 3.05) is 11.9 Å². The van der Waals surface area contributed by atoms with Crippen molar-refractivity contribution < 1.29 is 9.53 Å². The normalized spacial score (nSPS) is 11.6. The number of anilines is 1. The lowest BCUT2D eigenvalue weighted by Gasteiger charge is -2.16. The van der Waals surface area contributed by atoms with Gasteiger partial charge in [-0.3, -0.25) is 0 Å². The second kappa shape index (κ2) is 7.12. The van der Waals surface area contributed by atoms with Crippen LogP contribution in [0.15, 0.2) is 41.4 Å². The Morgan fingerprint density at radius 3 is 2.71 bits per heavy atom. The summed E-state index contributed by atoms with van der Waals surface area (Å²) in [7, 11) is 0. The van der Waals surface area contributed by atoms with Crippen LogP contribution in [0.1, 0.15) is 13.3 Å². The number of benzene rings is 1. The number of rotatable bonds is 6. The van der Waals surface area contributed by atoms with Crippen molar-refractivity contribution in [1.82, 2.24) is 0 Å². The second-order valence-corrected chi connectivity index (χ2v) is 4.40. The molecule has 17 heavy (non-hydrogen) atoms. The molecule has 0 aromatic heterocycles. The highest BCUT2D eigenvalue weighted by Gasteiger charge is 2.17. The molecule has 0 amide bonds. The van der Waals surface area contributed by atoms with E-state index in [-0.39, 0.29) is 12.0 Å². The van der Waals surface area contributed by atoms with Gasteiger partial charge in [0.25, 0.3) is 0 Å². The first kappa shape index (κ1) is 13.8. The third kappa shape index (κ3) is 4.61. The van der Waals surface area contributed by atoms with Crippen LogP contribution < -0.4 is 5.32 Å². The van der Waals surface area contributed by atoms with Gasteiger partial charge >= 0.3 is 5.97 Å². The van der Waals surface area contributed by atoms with E-state index in [1.165, 1.54) is 0 Å². The van der Waals surface area contributed by atoms with E-state index in [0.717, 1.165) is 10.2 Å². The zero-order valence-corrected chi connectivity index (χ0v) is 11.4. The molecule has 3 nitrogen and oxygen atoms in total. The van der Waals surface area contributed by atoms with Crippen molar-refractivity contribution in [3.05, 3.63) is 41.4 Å². The molecule has 0 saturated carbocycles. The van der Waals surface area contributed by atoms with Crippen LogP contribution in [0.5, 0.6) is 0 Å². The summed E-state index contributed by atoms with van der Waals surface area (Å²) in [6.45, 7) is 5.82. The van der Waals surface area contributed by atoms with Crippen LogP contribution in [-0.2, 0) is 9.53 Å². The molecule has 1 aromatic rings. The summed E-state index contributed by atoms with van der Waals surface area (Å²) in [5.74, 6) is -0.254. The smallest absolute Gasteiger partial charge is 0.328 e. The van der Waals surface area contributed by atoms with Crippen LogP contribution >= 0.6 is 15.9 Å². The van der Waals surface area contributed by atoms with E-state index >= 15 is 0 Å². The Balaban J connectivity index is 2.68. The van der Waals surface area contributed by atoms with Gasteiger partial charge in [-0.05, 0) is 37.6 Å². The molecule has 1 N–H and O–H groups in total. The predicted molar refractivity (Wildman–Crippen MR) is 73.0 cm³/mol. The second-order valence-electron chi connectivity index (χ2n) is 3.48. The number of esters is 1. The van der Waals surface area contributed by atoms with Gasteiger partial charge in [0.1, 0.15) is 6.04 Å². The standard InChI is InChI=1S/C13H16BrNO2/c1-3-5-12(13(16)17-4-2)15-11-8-6-10(14)7-9-11/h3,6-9,12,15H,1,4-5H2,2H3. The number of carbonyl (C=O) groups excluding carboxylic acids is 1. The predicted octanol–water partition coefficient (Wildman–Crippen LogP) is 3.37. The van der Waals surface area contributed by atoms with Gasteiger partial charge in [0.05, 0.1) is 6.61 Å². The number of hydrogen-bond acceptors (Lipinski definition) is 3. The first-order valence-corrected chi connectivity index (χ1v) is 6.26. The number of hydrogen-bond donors (Lipinski definition) is 1. The SMILES string of the molecule is C=CCC(Nc1ccc(Br)cc1)C(=O)OCC. The van der Waals surface area contributed by atoms with Crippen LogP contribution in [0.4, 0.5) is 5.69 Å². The van der Waals surface area contributed by atoms with E-state index in [1.807, 2.05) is 24.3 Å². The van der Waals surface area contributed by atoms with Gasteiger partial charge in [0, 0.05) is 10.2 Å². The summed E-state index contributed by atoms with van der Waals surface area (Å²) in [6, 6.07) is 7.25. The van der Waals surface area contributed by atoms with E-state index < -0.39 is 0 Å². The molecule has 0 heterocycles. The minimum absolute atomic E-state index is 0.254. The third-order valence-corrected chi connectivity index (χ3v) is 2.69. The Kier molecular flexibility index (Phi) is 5.77. The van der Waals surface area contributed by atoms with E-state index in [4.69, 9.17) is 4.74 Å². The molecule has 0 bridgehead atoms. The summed E-state index contributed by atoms with van der Waals surface area (Å²) in [4.78, 5) is 11.7. The van der Waals surface area contributed by atoms with Gasteiger partial charge in [-0.2, -0.15) is 0 Å². The van der Waals surface area contributed by atoms with E-state index in [9.17, 15) is 4.79 Å². The molecular weight excluding hydrogens is 282 g/mol. The summed E-state index contributed by atoms with van der Waals surface area (Å²) >= 11 is 3.36. The van der Waals surface area contributed by atoms with Crippen molar-refractivity contribution in [3.8, 4) is 0 Å². The zero-order valence-electron chi connectivity index (χ0n) is 9.78. The van der Waals surface area contributed by atoms with Gasteiger partial charge in [-0.1, -0.05) is 22.0 Å². The summed E-state index contributed by atoms with van der Waals surface area (Å²) in [5, 5.41) is 3.13. The minimum Gasteiger partial charge on any atom is -0.464 e. The topological polar surface area (TPSA) is 38.3 Å². The molecule has 1 unspecified atom stereocenters. The monoisotopic (exact) mass is 297 g/mol. The molecule has 1 aromatic carbocycles. The molecule has 1 atom stereocenters. The van der Waals surface area contributed by atoms with E-state index in [2.05, 4.69) is 27.8 Å². The summed E-state index contributed by atoms with van der Waals surface area (Å²) < 4.78 is 5.99. The van der Waals surface area contributed by atoms with Crippen LogP contribution in [0, 0.1) is 0 Å². The highest BCUT2D eigenvalue weighted by atomic mass is 79.9. The first-order chi connectivity index (χ1) is 8.17. The lowest BCUT2D eigenvalue weighted by atomic mass is 10.2. The summed E-state index contributed by atoms with van der Waals surface area (Å²) in [6.07, 6.45) is 2.24. The number of ether oxygens (including phenoxy) is 1. The molecule has 0 aliphatic rings. The van der Waals surface area contributed by atoms with Gasteiger partial charge < -0.3 is 10.1 Å². The molecule has 0 spiro atoms. The molecule has 0 aliphatic heterocycles. The fourth-order valence-corrected chi connectivity index (χ4v) is 1.64. The molecule has 0 saturated heterocycles. The maximum absolute atomic E-state index is 11.7. The maximum Gasteiger partial charge on any atom is 0.328 e. The number of carbonyl (C=O) groups is 1. The minimum atomic E-state index is -0.381. The van der Waals surface area contributed by atoms with Crippen LogP contribution in [0.25, 0.3) is 0 Å². The van der Waals surface area contributed by atoms with Crippen LogP contribution in [-0.4, -0.2) is 18.6 Å². The van der Waals surface area contributed by atoms with Crippen molar-refractivity contribution >= 4 is 27.6 Å². The van der Waals surface area contributed by atoms with Crippen molar-refractivity contribution in [2.24, 2.45) is 0 Å². The lowest BCUT2D eigenvalue weighted by molar-refractivity contribution is -0.143. The molecule has 0 fully saturated rings. The molecule has 0 radical (unpaired) electrons. The molecule has 0 aliphatic carbocycles. The van der Waals surface area contributed by atoms with Gasteiger partial charge in [-0.25, -0.2) is 4.79 Å². The van der Waals surface area contributed by atoms with Crippen LogP contribution in [0.2, 0.25) is 0 Å². The summed E-state index contributed by atoms with van der Waals surface area (Å²) in [5.41, 5.74) is 0.883. The Hall–Kier alpha value is -1.29. The molecule has 1 rings (SSSR count). The number of halogens is 1. The fourth-order valence-electron chi connectivity index (χ4n) is 1.37. The molecule has 92 valence electrons. The Morgan fingerprint density at radius 1 is 1.53 bits per heavy atom. The molecular formula is C13H16BrNO2. The molecule has 4 heteroatoms. The average Bonchev–Trinajstić information content (AvgIpc) is 2.31.